The number of hydrogen-bond donors (Lipinski definition) is 0. The number of carbonyl (C=O) groups excluding carboxylic acids is 1. The first-order chi connectivity index (χ1) is 15.0. The number of alkyl halides is 1. The van der Waals surface area contributed by atoms with Crippen molar-refractivity contribution in [1.29, 1.82) is 0 Å². The van der Waals surface area contributed by atoms with E-state index in [4.69, 9.17) is 14.2 Å². The van der Waals surface area contributed by atoms with Crippen molar-refractivity contribution in [3.63, 3.8) is 0 Å². The molecule has 3 rings (SSSR count). The van der Waals surface area contributed by atoms with Crippen molar-refractivity contribution in [2.75, 3.05) is 18.9 Å². The molecule has 0 saturated carbocycles. The van der Waals surface area contributed by atoms with Crippen molar-refractivity contribution < 1.29 is 23.4 Å². The molecule has 3 aromatic rings. The van der Waals surface area contributed by atoms with E-state index in [9.17, 15) is 9.18 Å². The third-order valence-corrected chi connectivity index (χ3v) is 4.77. The lowest BCUT2D eigenvalue weighted by Gasteiger charge is -2.24. The number of benzene rings is 2. The topological polar surface area (TPSA) is 60.9 Å². The second kappa shape index (κ2) is 10.4. The first-order valence-electron chi connectivity index (χ1n) is 9.91. The molecule has 0 radical (unpaired) electrons. The maximum Gasteiger partial charge on any atom is 0.243 e. The molecule has 1 amide bonds. The van der Waals surface area contributed by atoms with Crippen LogP contribution < -0.4 is 19.1 Å². The van der Waals surface area contributed by atoms with Gasteiger partial charge in [-0.1, -0.05) is 19.1 Å². The fourth-order valence-electron chi connectivity index (χ4n) is 3.13. The molecule has 0 spiro atoms. The number of anilines is 1. The number of methoxy groups -OCH3 is 1. The van der Waals surface area contributed by atoms with E-state index in [0.717, 1.165) is 12.0 Å². The standard InChI is InChI=1S/C24H25FN2O4/c1-4-18-7-12-23(30-16-25)19(14-18)15-27(17(2)28)22-6-5-13-26-24(22)31-21-10-8-20(29-3)9-11-21/h5-14H,4,15-16H2,1-3H3. The number of hydrogen-bond acceptors (Lipinski definition) is 5. The van der Waals surface area contributed by atoms with Crippen LogP contribution >= 0.6 is 0 Å². The zero-order valence-corrected chi connectivity index (χ0v) is 17.8. The van der Waals surface area contributed by atoms with Gasteiger partial charge in [-0.2, -0.15) is 0 Å². The molecular weight excluding hydrogens is 399 g/mol. The van der Waals surface area contributed by atoms with Crippen LogP contribution in [0.3, 0.4) is 0 Å². The van der Waals surface area contributed by atoms with Crippen LogP contribution in [0.15, 0.2) is 60.8 Å². The zero-order valence-electron chi connectivity index (χ0n) is 17.8. The van der Waals surface area contributed by atoms with Crippen molar-refractivity contribution in [2.24, 2.45) is 0 Å². The third kappa shape index (κ3) is 5.51. The first-order valence-corrected chi connectivity index (χ1v) is 9.91. The number of nitrogens with zero attached hydrogens (tertiary/aromatic N) is 2. The van der Waals surface area contributed by atoms with Crippen LogP contribution in [-0.4, -0.2) is 24.9 Å². The highest BCUT2D eigenvalue weighted by Gasteiger charge is 2.20. The van der Waals surface area contributed by atoms with Crippen LogP contribution in [0.5, 0.6) is 23.1 Å². The Morgan fingerprint density at radius 1 is 1.10 bits per heavy atom. The Labute approximate surface area is 181 Å². The summed E-state index contributed by atoms with van der Waals surface area (Å²) in [5.41, 5.74) is 2.26. The monoisotopic (exact) mass is 424 g/mol. The van der Waals surface area contributed by atoms with Gasteiger partial charge in [-0.25, -0.2) is 9.37 Å². The fourth-order valence-corrected chi connectivity index (χ4v) is 3.13. The van der Waals surface area contributed by atoms with Crippen LogP contribution in [0.4, 0.5) is 10.1 Å². The number of halogens is 1. The molecule has 0 aliphatic carbocycles. The van der Waals surface area contributed by atoms with E-state index in [1.54, 1.807) is 55.8 Å². The number of aromatic nitrogens is 1. The van der Waals surface area contributed by atoms with Crippen LogP contribution in [0, 0.1) is 0 Å². The average Bonchev–Trinajstić information content (AvgIpc) is 2.79. The maximum absolute atomic E-state index is 12.9. The second-order valence-corrected chi connectivity index (χ2v) is 6.76. The summed E-state index contributed by atoms with van der Waals surface area (Å²) in [4.78, 5) is 18.4. The first kappa shape index (κ1) is 22.1. The number of pyridine rings is 1. The number of carbonyl (C=O) groups is 1. The van der Waals surface area contributed by atoms with Gasteiger partial charge in [0.05, 0.1) is 13.7 Å². The molecule has 7 heteroatoms. The van der Waals surface area contributed by atoms with Gasteiger partial charge in [0.25, 0.3) is 0 Å². The van der Waals surface area contributed by atoms with Crippen LogP contribution in [0.1, 0.15) is 25.0 Å². The van der Waals surface area contributed by atoms with Gasteiger partial charge in [-0.05, 0) is 54.4 Å². The quantitative estimate of drug-likeness (QED) is 0.466. The average molecular weight is 424 g/mol. The molecule has 1 aromatic heterocycles. The van der Waals surface area contributed by atoms with Gasteiger partial charge in [0, 0.05) is 18.7 Å². The second-order valence-electron chi connectivity index (χ2n) is 6.76. The lowest BCUT2D eigenvalue weighted by atomic mass is 10.1. The Morgan fingerprint density at radius 2 is 1.84 bits per heavy atom. The van der Waals surface area contributed by atoms with E-state index in [1.807, 2.05) is 19.1 Å². The van der Waals surface area contributed by atoms with Crippen LogP contribution in [0.2, 0.25) is 0 Å². The van der Waals surface area contributed by atoms with Gasteiger partial charge in [-0.3, -0.25) is 4.79 Å². The SMILES string of the molecule is CCc1ccc(OCF)c(CN(C(C)=O)c2cccnc2Oc2ccc(OC)cc2)c1. The van der Waals surface area contributed by atoms with Gasteiger partial charge < -0.3 is 19.1 Å². The molecule has 0 saturated heterocycles. The molecule has 6 nitrogen and oxygen atoms in total. The summed E-state index contributed by atoms with van der Waals surface area (Å²) in [7, 11) is 1.59. The predicted molar refractivity (Wildman–Crippen MR) is 117 cm³/mol. The molecule has 0 aliphatic heterocycles. The number of ether oxygens (including phenoxy) is 3. The normalized spacial score (nSPS) is 10.5. The summed E-state index contributed by atoms with van der Waals surface area (Å²) in [6.45, 7) is 2.73. The fraction of sp³-hybridized carbons (Fsp3) is 0.250. The molecule has 1 heterocycles. The van der Waals surface area contributed by atoms with Gasteiger partial charge in [-0.15, -0.1) is 0 Å². The molecule has 0 unspecified atom stereocenters. The van der Waals surface area contributed by atoms with E-state index in [1.165, 1.54) is 11.8 Å². The summed E-state index contributed by atoms with van der Waals surface area (Å²) in [6.07, 6.45) is 2.40. The highest BCUT2D eigenvalue weighted by molar-refractivity contribution is 5.92. The van der Waals surface area contributed by atoms with E-state index in [2.05, 4.69) is 4.98 Å². The van der Waals surface area contributed by atoms with Crippen molar-refractivity contribution in [3.05, 3.63) is 71.9 Å². The van der Waals surface area contributed by atoms with Crippen molar-refractivity contribution in [1.82, 2.24) is 4.98 Å². The molecule has 0 aliphatic rings. The van der Waals surface area contributed by atoms with Crippen LogP contribution in [0.25, 0.3) is 0 Å². The van der Waals surface area contributed by atoms with Crippen molar-refractivity contribution in [2.45, 2.75) is 26.8 Å². The summed E-state index contributed by atoms with van der Waals surface area (Å²) < 4.78 is 29.1. The molecule has 0 bridgehead atoms. The predicted octanol–water partition coefficient (Wildman–Crippen LogP) is 5.30. The summed E-state index contributed by atoms with van der Waals surface area (Å²) >= 11 is 0. The van der Waals surface area contributed by atoms with E-state index in [0.29, 0.717) is 28.5 Å². The molecule has 0 atom stereocenters. The zero-order chi connectivity index (χ0) is 22.2. The van der Waals surface area contributed by atoms with E-state index >= 15 is 0 Å². The molecule has 0 fully saturated rings. The van der Waals surface area contributed by atoms with Gasteiger partial charge >= 0.3 is 0 Å². The Kier molecular flexibility index (Phi) is 7.43. The van der Waals surface area contributed by atoms with Crippen molar-refractivity contribution >= 4 is 11.6 Å². The highest BCUT2D eigenvalue weighted by Crippen LogP contribution is 2.33. The number of amides is 1. The molecular formula is C24H25FN2O4. The van der Waals surface area contributed by atoms with Crippen LogP contribution in [-0.2, 0) is 17.8 Å². The molecule has 31 heavy (non-hydrogen) atoms. The maximum atomic E-state index is 12.9. The van der Waals surface area contributed by atoms with E-state index in [-0.39, 0.29) is 18.3 Å². The molecule has 162 valence electrons. The smallest absolute Gasteiger partial charge is 0.243 e. The van der Waals surface area contributed by atoms with E-state index < -0.39 is 6.86 Å². The van der Waals surface area contributed by atoms with Crippen molar-refractivity contribution in [3.8, 4) is 23.1 Å². The lowest BCUT2D eigenvalue weighted by molar-refractivity contribution is -0.116. The van der Waals surface area contributed by atoms with Gasteiger partial charge in [0.2, 0.25) is 18.6 Å². The Balaban J connectivity index is 1.94. The lowest BCUT2D eigenvalue weighted by Crippen LogP contribution is -2.28. The van der Waals surface area contributed by atoms with Gasteiger partial charge in [0.15, 0.2) is 0 Å². The number of rotatable bonds is 9. The largest absolute Gasteiger partial charge is 0.497 e. The summed E-state index contributed by atoms with van der Waals surface area (Å²) in [5, 5.41) is 0. The highest BCUT2D eigenvalue weighted by atomic mass is 19.1. The Hall–Kier alpha value is -3.61. The molecule has 0 N–H and O–H groups in total. The minimum absolute atomic E-state index is 0.184. The minimum atomic E-state index is -0.947. The third-order valence-electron chi connectivity index (χ3n) is 4.77. The molecule has 2 aromatic carbocycles. The number of aryl methyl sites for hydroxylation is 1. The summed E-state index contributed by atoms with van der Waals surface area (Å²) in [6, 6.07) is 16.1. The Bertz CT molecular complexity index is 1020. The summed E-state index contributed by atoms with van der Waals surface area (Å²) in [5.74, 6) is 1.73. The minimum Gasteiger partial charge on any atom is -0.497 e. The van der Waals surface area contributed by atoms with Gasteiger partial charge in [0.1, 0.15) is 22.9 Å². The Morgan fingerprint density at radius 3 is 2.48 bits per heavy atom.